The van der Waals surface area contributed by atoms with Crippen molar-refractivity contribution in [1.82, 2.24) is 0 Å². The monoisotopic (exact) mass is 199 g/mol. The predicted molar refractivity (Wildman–Crippen MR) is 47.7 cm³/mol. The Bertz CT molecular complexity index is 203. The standard InChI is InChI=1S/C6H13NO2S.ClH/c7-5-6-3-1-2-4-10(6,8)9;/h6H,1-5,7H2;1H. The molecule has 2 N–H and O–H groups in total. The first-order valence-electron chi connectivity index (χ1n) is 3.58. The van der Waals surface area contributed by atoms with Crippen LogP contribution in [-0.2, 0) is 9.84 Å². The second kappa shape index (κ2) is 4.28. The lowest BCUT2D eigenvalue weighted by Gasteiger charge is -2.19. The molecule has 0 aromatic rings. The van der Waals surface area contributed by atoms with Gasteiger partial charge in [-0.25, -0.2) is 8.42 Å². The molecule has 1 fully saturated rings. The van der Waals surface area contributed by atoms with E-state index in [1.807, 2.05) is 0 Å². The molecule has 1 saturated heterocycles. The maximum atomic E-state index is 11.1. The van der Waals surface area contributed by atoms with Crippen LogP contribution < -0.4 is 5.73 Å². The zero-order valence-corrected chi connectivity index (χ0v) is 7.96. The van der Waals surface area contributed by atoms with Crippen LogP contribution in [0.25, 0.3) is 0 Å². The molecule has 1 unspecified atom stereocenters. The van der Waals surface area contributed by atoms with Gasteiger partial charge in [-0.1, -0.05) is 6.42 Å². The van der Waals surface area contributed by atoms with Crippen LogP contribution in [0, 0.1) is 0 Å². The third-order valence-corrected chi connectivity index (χ3v) is 4.28. The number of sulfone groups is 1. The van der Waals surface area contributed by atoms with Crippen molar-refractivity contribution in [3.05, 3.63) is 0 Å². The summed E-state index contributed by atoms with van der Waals surface area (Å²) in [7, 11) is -2.80. The molecule has 1 aliphatic heterocycles. The molecular formula is C6H14ClNO2S. The van der Waals surface area contributed by atoms with Crippen molar-refractivity contribution >= 4 is 22.2 Å². The van der Waals surface area contributed by atoms with Gasteiger partial charge in [0.1, 0.15) is 0 Å². The number of halogens is 1. The van der Waals surface area contributed by atoms with Crippen LogP contribution in [0.1, 0.15) is 19.3 Å². The summed E-state index contributed by atoms with van der Waals surface area (Å²) in [6, 6.07) is 0. The van der Waals surface area contributed by atoms with Crippen LogP contribution >= 0.6 is 12.4 Å². The van der Waals surface area contributed by atoms with E-state index in [0.29, 0.717) is 12.3 Å². The highest BCUT2D eigenvalue weighted by Gasteiger charge is 2.26. The average Bonchev–Trinajstić information content (AvgIpc) is 1.87. The smallest absolute Gasteiger partial charge is 0.154 e. The Morgan fingerprint density at radius 2 is 2.00 bits per heavy atom. The number of hydrogen-bond donors (Lipinski definition) is 1. The molecule has 1 heterocycles. The van der Waals surface area contributed by atoms with Gasteiger partial charge in [-0.15, -0.1) is 12.4 Å². The van der Waals surface area contributed by atoms with E-state index >= 15 is 0 Å². The first-order chi connectivity index (χ1) is 4.67. The zero-order valence-electron chi connectivity index (χ0n) is 6.32. The molecule has 0 spiro atoms. The lowest BCUT2D eigenvalue weighted by atomic mass is 10.2. The van der Waals surface area contributed by atoms with Crippen LogP contribution in [0.15, 0.2) is 0 Å². The fourth-order valence-corrected chi connectivity index (χ4v) is 3.04. The first kappa shape index (κ1) is 11.2. The molecule has 0 amide bonds. The minimum atomic E-state index is -2.80. The van der Waals surface area contributed by atoms with Crippen LogP contribution in [-0.4, -0.2) is 26.0 Å². The molecule has 1 rings (SSSR count). The minimum absolute atomic E-state index is 0. The molecule has 1 aliphatic rings. The Morgan fingerprint density at radius 3 is 2.36 bits per heavy atom. The molecule has 11 heavy (non-hydrogen) atoms. The molecular weight excluding hydrogens is 186 g/mol. The molecule has 1 atom stereocenters. The van der Waals surface area contributed by atoms with E-state index < -0.39 is 9.84 Å². The van der Waals surface area contributed by atoms with Gasteiger partial charge >= 0.3 is 0 Å². The van der Waals surface area contributed by atoms with E-state index in [1.54, 1.807) is 0 Å². The molecule has 0 radical (unpaired) electrons. The fourth-order valence-electron chi connectivity index (χ4n) is 1.29. The summed E-state index contributed by atoms with van der Waals surface area (Å²) < 4.78 is 22.3. The summed E-state index contributed by atoms with van der Waals surface area (Å²) in [6.07, 6.45) is 2.60. The predicted octanol–water partition coefficient (Wildman–Crippen LogP) is 0.334. The lowest BCUT2D eigenvalue weighted by molar-refractivity contribution is 0.541. The fraction of sp³-hybridized carbons (Fsp3) is 1.00. The van der Waals surface area contributed by atoms with E-state index in [1.165, 1.54) is 0 Å². The lowest BCUT2D eigenvalue weighted by Crippen LogP contribution is -2.34. The van der Waals surface area contributed by atoms with Crippen molar-refractivity contribution in [3.8, 4) is 0 Å². The maximum absolute atomic E-state index is 11.1. The van der Waals surface area contributed by atoms with Crippen LogP contribution in [0.3, 0.4) is 0 Å². The van der Waals surface area contributed by atoms with Gasteiger partial charge in [0.15, 0.2) is 9.84 Å². The van der Waals surface area contributed by atoms with E-state index in [4.69, 9.17) is 5.73 Å². The Morgan fingerprint density at radius 1 is 1.36 bits per heavy atom. The highest BCUT2D eigenvalue weighted by atomic mass is 35.5. The van der Waals surface area contributed by atoms with Gasteiger partial charge in [0, 0.05) is 6.54 Å². The van der Waals surface area contributed by atoms with Gasteiger partial charge in [-0.05, 0) is 12.8 Å². The second-order valence-electron chi connectivity index (χ2n) is 2.72. The summed E-state index contributed by atoms with van der Waals surface area (Å²) in [4.78, 5) is 0. The SMILES string of the molecule is Cl.NCC1CCCCS1(=O)=O. The van der Waals surface area contributed by atoms with Crippen LogP contribution in [0.4, 0.5) is 0 Å². The van der Waals surface area contributed by atoms with E-state index in [-0.39, 0.29) is 17.7 Å². The molecule has 0 bridgehead atoms. The van der Waals surface area contributed by atoms with Gasteiger partial charge in [0.25, 0.3) is 0 Å². The Kier molecular flexibility index (Phi) is 4.36. The van der Waals surface area contributed by atoms with Crippen molar-refractivity contribution in [2.24, 2.45) is 5.73 Å². The third-order valence-electron chi connectivity index (χ3n) is 1.98. The minimum Gasteiger partial charge on any atom is -0.329 e. The van der Waals surface area contributed by atoms with Crippen molar-refractivity contribution in [3.63, 3.8) is 0 Å². The average molecular weight is 200 g/mol. The molecule has 0 aromatic carbocycles. The van der Waals surface area contributed by atoms with Crippen molar-refractivity contribution in [2.45, 2.75) is 24.5 Å². The summed E-state index contributed by atoms with van der Waals surface area (Å²) in [5, 5.41) is -0.249. The quantitative estimate of drug-likeness (QED) is 0.663. The Hall–Kier alpha value is 0.200. The summed E-state index contributed by atoms with van der Waals surface area (Å²) >= 11 is 0. The molecule has 0 aromatic heterocycles. The second-order valence-corrected chi connectivity index (χ2v) is 5.12. The van der Waals surface area contributed by atoms with Crippen molar-refractivity contribution < 1.29 is 8.42 Å². The van der Waals surface area contributed by atoms with Crippen molar-refractivity contribution in [1.29, 1.82) is 0 Å². The zero-order chi connectivity index (χ0) is 7.61. The third kappa shape index (κ3) is 2.61. The number of hydrogen-bond acceptors (Lipinski definition) is 3. The van der Waals surface area contributed by atoms with E-state index in [9.17, 15) is 8.42 Å². The summed E-state index contributed by atoms with van der Waals surface area (Å²) in [6.45, 7) is 0.294. The van der Waals surface area contributed by atoms with Gasteiger partial charge in [-0.3, -0.25) is 0 Å². The van der Waals surface area contributed by atoms with Crippen LogP contribution in [0.2, 0.25) is 0 Å². The van der Waals surface area contributed by atoms with E-state index in [2.05, 4.69) is 0 Å². The Balaban J connectivity index is 0.000001000. The Labute approximate surface area is 73.7 Å². The van der Waals surface area contributed by atoms with Gasteiger partial charge in [-0.2, -0.15) is 0 Å². The van der Waals surface area contributed by atoms with Gasteiger partial charge < -0.3 is 5.73 Å². The number of nitrogens with two attached hydrogens (primary N) is 1. The number of rotatable bonds is 1. The van der Waals surface area contributed by atoms with Crippen molar-refractivity contribution in [2.75, 3.05) is 12.3 Å². The molecule has 0 saturated carbocycles. The largest absolute Gasteiger partial charge is 0.329 e. The molecule has 0 aliphatic carbocycles. The topological polar surface area (TPSA) is 60.2 Å². The van der Waals surface area contributed by atoms with Gasteiger partial charge in [0.2, 0.25) is 0 Å². The highest BCUT2D eigenvalue weighted by Crippen LogP contribution is 2.17. The van der Waals surface area contributed by atoms with E-state index in [0.717, 1.165) is 19.3 Å². The van der Waals surface area contributed by atoms with Gasteiger partial charge in [0.05, 0.1) is 11.0 Å². The highest BCUT2D eigenvalue weighted by molar-refractivity contribution is 7.92. The normalized spacial score (nSPS) is 29.0. The molecule has 68 valence electrons. The maximum Gasteiger partial charge on any atom is 0.154 e. The van der Waals surface area contributed by atoms with Crippen LogP contribution in [0.5, 0.6) is 0 Å². The molecule has 3 nitrogen and oxygen atoms in total. The first-order valence-corrected chi connectivity index (χ1v) is 5.30. The molecule has 5 heteroatoms. The summed E-state index contributed by atoms with van der Waals surface area (Å²) in [5.74, 6) is 0.342. The summed E-state index contributed by atoms with van der Waals surface area (Å²) in [5.41, 5.74) is 5.30.